The Morgan fingerprint density at radius 3 is 0.692 bits per heavy atom. The summed E-state index contributed by atoms with van der Waals surface area (Å²) in [6.07, 6.45) is -45.8. The number of aryl methyl sites for hydroxylation is 2. The highest BCUT2D eigenvalue weighted by atomic mass is 32.1. The molecule has 41 nitrogen and oxygen atoms in total. The van der Waals surface area contributed by atoms with Crippen molar-refractivity contribution in [3.8, 4) is 26.6 Å². The summed E-state index contributed by atoms with van der Waals surface area (Å²) in [6.45, 7) is 1.11. The first kappa shape index (κ1) is 117. The van der Waals surface area contributed by atoms with Crippen LogP contribution in [0.25, 0.3) is 32.0 Å². The Balaban J connectivity index is 0.858. The van der Waals surface area contributed by atoms with Crippen LogP contribution in [0.5, 0.6) is 5.75 Å². The third-order valence-electron chi connectivity index (χ3n) is 28.3. The molecule has 1 aromatic carbocycles. The molecule has 40 atom stereocenters. The highest BCUT2D eigenvalue weighted by molar-refractivity contribution is 7.16. The number of pyridine rings is 1. The van der Waals surface area contributed by atoms with Gasteiger partial charge in [0.15, 0.2) is 50.3 Å². The highest BCUT2D eigenvalue weighted by Gasteiger charge is 2.81. The molecule has 30 fully saturated rings. The van der Waals surface area contributed by atoms with E-state index < -0.39 is 292 Å². The minimum Gasteiger partial charge on any atom is -0.488 e. The number of rotatable bonds is 37. The van der Waals surface area contributed by atoms with Crippen LogP contribution in [-0.2, 0) is 185 Å². The van der Waals surface area contributed by atoms with Crippen LogP contribution < -0.4 is 4.74 Å². The zero-order valence-corrected chi connectivity index (χ0v) is 88.0. The van der Waals surface area contributed by atoms with Crippen molar-refractivity contribution in [2.75, 3.05) is 216 Å². The quantitative estimate of drug-likeness (QED) is 0.0409. The molecule has 146 heavy (non-hydrogen) atoms. The number of hydrogen-bond acceptors (Lipinski definition) is 43. The van der Waals surface area contributed by atoms with E-state index in [0.717, 1.165) is 28.7 Å². The van der Waals surface area contributed by atoms with Crippen molar-refractivity contribution in [1.29, 1.82) is 0 Å². The number of thiophene rings is 2. The summed E-state index contributed by atoms with van der Waals surface area (Å²) in [7, 11) is 33.2. The van der Waals surface area contributed by atoms with E-state index in [4.69, 9.17) is 189 Å². The van der Waals surface area contributed by atoms with E-state index in [0.29, 0.717) is 10.4 Å². The number of alkyl halides is 6. The largest absolute Gasteiger partial charge is 0.488 e. The number of benzene rings is 1. The molecule has 0 N–H and O–H groups in total. The lowest BCUT2D eigenvalue weighted by Crippen LogP contribution is -2.70. The fourth-order valence-corrected chi connectivity index (χ4v) is 23.5. The lowest BCUT2D eigenvalue weighted by atomic mass is 9.94. The Hall–Kier alpha value is -4.67. The van der Waals surface area contributed by atoms with Crippen LogP contribution in [0.4, 0.5) is 26.3 Å². The average molecular weight is 2140 g/mol. The molecule has 4 aromatic rings. The van der Waals surface area contributed by atoms with Crippen molar-refractivity contribution in [2.45, 2.75) is 277 Å². The topological polar surface area (TPSA) is 382 Å². The van der Waals surface area contributed by atoms with Crippen LogP contribution in [-0.4, -0.2) is 485 Å². The number of aromatic nitrogens is 1. The highest BCUT2D eigenvalue weighted by Crippen LogP contribution is 2.67. The number of allylic oxidation sites excluding steroid dienone is 2. The molecule has 3 aromatic heterocycles. The van der Waals surface area contributed by atoms with E-state index in [1.54, 1.807) is 30.3 Å². The maximum Gasteiger partial charge on any atom is 0.380 e. The predicted octanol–water partition coefficient (Wildman–Crippen LogP) is 7.02. The molecule has 0 saturated carbocycles. The van der Waals surface area contributed by atoms with Crippen molar-refractivity contribution in [2.24, 2.45) is 0 Å². The second-order valence-corrected chi connectivity index (χ2v) is 38.7. The molecule has 0 spiro atoms. The summed E-state index contributed by atoms with van der Waals surface area (Å²) < 4.78 is 364. The fourth-order valence-electron chi connectivity index (χ4n) is 21.5. The van der Waals surface area contributed by atoms with Crippen molar-refractivity contribution in [1.82, 2.24) is 4.98 Å². The average Bonchev–Trinajstić information content (AvgIpc) is 1.52. The van der Waals surface area contributed by atoms with Crippen LogP contribution in [0, 0.1) is 13.8 Å². The first-order chi connectivity index (χ1) is 70.5. The zero-order valence-electron chi connectivity index (χ0n) is 86.4. The van der Waals surface area contributed by atoms with Crippen molar-refractivity contribution in [3.05, 3.63) is 81.8 Å². The Kier molecular flexibility index (Phi) is 42.2. The summed E-state index contributed by atoms with van der Waals surface area (Å²) in [6, 6.07) is 12.4. The number of ether oxygens (including phenoxy) is 40. The number of hydrogen-bond donors (Lipinski definition) is 0. The van der Waals surface area contributed by atoms with Crippen LogP contribution >= 0.6 is 22.7 Å². The predicted molar refractivity (Wildman–Crippen MR) is 498 cm³/mol. The van der Waals surface area contributed by atoms with Gasteiger partial charge in [-0.2, -0.15) is 26.3 Å². The van der Waals surface area contributed by atoms with Crippen molar-refractivity contribution < 1.29 is 216 Å². The molecule has 33 heterocycles. The van der Waals surface area contributed by atoms with Gasteiger partial charge in [0, 0.05) is 206 Å². The molecule has 1 aliphatic carbocycles. The normalized spacial score (nSPS) is 39.7. The zero-order chi connectivity index (χ0) is 105. The molecule has 0 radical (unpaired) electrons. The molecule has 30 saturated heterocycles. The SMILES string of the molecule is COC[C@H]1O[C@@H]2O[C@H]3[C@H](OC)[C@@H](OC)[C@@H](O[C@H]4[C@H](OC)[C@@H](OC)[C@@H](O[C@H]5[C@H](OC)[C@@H](OC)[C@@H](O[C@H]6[C@H](OC)[C@@H](OC)[C@@H](O[C@H]7[C@H](OC)[C@@H](OC)[C@@H](O[C@H]8[C@H](OC)[C@@H](OC)[C@@H](O[C@H]9[C@H](OC)[C@@H](OC)[C@@H](O[C@H]1[C@H](OC)[C@H]2OC)O[C@@H]9COC)O[C@@H]8COC)O[C@@H]7COC)O[C@@H]6COc1cnccc1-c1cc(C2=C(c6cc(-c7ccccc7)sc6C)C(F)(F)C(F)(F)C2(F)F)c(C)s1)O[C@@H]5COC)O[C@@H]4COC)O[C@@H]3COC. The Bertz CT molecular complexity index is 4610. The van der Waals surface area contributed by atoms with Crippen molar-refractivity contribution >= 4 is 33.8 Å². The molecule has 16 bridgehead atoms. The van der Waals surface area contributed by atoms with Gasteiger partial charge in [0.1, 0.15) is 208 Å². The lowest BCUT2D eigenvalue weighted by Gasteiger charge is -2.53. The smallest absolute Gasteiger partial charge is 0.380 e. The Morgan fingerprint density at radius 2 is 0.473 bits per heavy atom. The van der Waals surface area contributed by atoms with E-state index in [-0.39, 0.29) is 72.2 Å². The molecule has 49 heteroatoms. The number of nitrogens with zero attached hydrogens (tertiary/aromatic N) is 1. The van der Waals surface area contributed by atoms with Gasteiger partial charge in [-0.1, -0.05) is 30.3 Å². The molecular formula is C97H141F6NO40S2. The van der Waals surface area contributed by atoms with Gasteiger partial charge in [-0.15, -0.1) is 22.7 Å². The van der Waals surface area contributed by atoms with Gasteiger partial charge in [-0.3, -0.25) is 4.98 Å². The molecular weight excluding hydrogens is 2000 g/mol. The minimum atomic E-state index is -5.88. The van der Waals surface area contributed by atoms with E-state index in [9.17, 15) is 0 Å². The molecule has 0 unspecified atom stereocenters. The Labute approximate surface area is 852 Å². The summed E-state index contributed by atoms with van der Waals surface area (Å²) >= 11 is 1.86. The minimum absolute atomic E-state index is 0.0162. The van der Waals surface area contributed by atoms with Gasteiger partial charge in [0.05, 0.1) is 52.4 Å². The van der Waals surface area contributed by atoms with Crippen LogP contribution in [0.3, 0.4) is 0 Å². The molecule has 30 aliphatic heterocycles. The van der Waals surface area contributed by atoms with Crippen LogP contribution in [0.1, 0.15) is 20.9 Å². The van der Waals surface area contributed by atoms with E-state index in [2.05, 4.69) is 4.98 Å². The van der Waals surface area contributed by atoms with Crippen LogP contribution in [0.15, 0.2) is 60.9 Å². The van der Waals surface area contributed by atoms with Gasteiger partial charge in [-0.25, -0.2) is 0 Å². The van der Waals surface area contributed by atoms with Crippen molar-refractivity contribution in [3.63, 3.8) is 0 Å². The summed E-state index contributed by atoms with van der Waals surface area (Å²) in [4.78, 5) is 5.00. The number of methoxy groups -OCH3 is 23. The van der Waals surface area contributed by atoms with E-state index in [1.165, 1.54) is 202 Å². The number of halogens is 6. The van der Waals surface area contributed by atoms with Gasteiger partial charge in [0.2, 0.25) is 0 Å². The molecule has 828 valence electrons. The second kappa shape index (κ2) is 52.7. The first-order valence-electron chi connectivity index (χ1n) is 47.6. The Morgan fingerprint density at radius 1 is 0.260 bits per heavy atom. The van der Waals surface area contributed by atoms with Gasteiger partial charge < -0.3 is 189 Å². The third-order valence-corrected chi connectivity index (χ3v) is 30.5. The summed E-state index contributed by atoms with van der Waals surface area (Å²) in [5.74, 6) is -16.7. The van der Waals surface area contributed by atoms with Gasteiger partial charge >= 0.3 is 17.8 Å². The van der Waals surface area contributed by atoms with E-state index >= 15 is 26.3 Å². The molecule has 35 rings (SSSR count). The lowest BCUT2D eigenvalue weighted by molar-refractivity contribution is -0.409. The molecule has 31 aliphatic rings. The van der Waals surface area contributed by atoms with Gasteiger partial charge in [-0.05, 0) is 48.7 Å². The summed E-state index contributed by atoms with van der Waals surface area (Å²) in [5, 5.41) is 0. The summed E-state index contributed by atoms with van der Waals surface area (Å²) in [5.41, 5.74) is -3.37. The molecule has 0 amide bonds. The van der Waals surface area contributed by atoms with Gasteiger partial charge in [0.25, 0.3) is 0 Å². The fraction of sp³-hybridized carbons (Fsp3) is 0.784. The third kappa shape index (κ3) is 23.3. The first-order valence-corrected chi connectivity index (χ1v) is 49.2. The van der Waals surface area contributed by atoms with Crippen LogP contribution in [0.2, 0.25) is 0 Å². The maximum absolute atomic E-state index is 17.0. The second-order valence-electron chi connectivity index (χ2n) is 36.2. The monoisotopic (exact) mass is 2140 g/mol. The maximum atomic E-state index is 17.0. The van der Waals surface area contributed by atoms with E-state index in [1.807, 2.05) is 0 Å². The standard InChI is InChI=1S/C97H141F6NO40S2/c1-44-48(33-59(145-44)46-29-27-26-28-30-46)61-62(96(100,101)97(102,103)95(61,98)99)49-34-60(146-45(49)2)47-31-32-104-35-50(47)128-43-58-70-78(119-17)86(127-25)94(136-58)143-69-57(42-111-9)134-92(84(125-23)77(69)118-16)141-67-55(40-109-7)132-90(82(123-21)75(67)116-14)139-65-53(38-107-5)130-88(80(121-19)73(65)114-12)137-63-51(36-105-3)129-87(79(120-18)71(63)112-10)138-64-52(37-106-4)131-89(81(122-20)72(64)113-11)140-66-54(39-108-6)133-91(83(124-22)74(66)115-13)142-68-56(41-110-8)135-93(144-70)85(126-24)76(68)117-15/h26-35,51-58,63-94H,36-43H2,1-25H3/t51-,52-,53-,54-,55-,56-,57-,58-,63-,64-,65-,66-,67-,68-,69-,70-,71+,72+,73+,74+,75+,76+,77+,78+,79-,80-,81-,82-,83-,84-,85-,86-,87-,88-,89-,90-,91-,92-,93-,94-/m1/s1.